The molecule has 7 nitrogen and oxygen atoms in total. The molecule has 0 amide bonds. The van der Waals surface area contributed by atoms with Crippen molar-refractivity contribution >= 4 is 39.4 Å². The molecule has 36 heavy (non-hydrogen) atoms. The average molecular weight is 509 g/mol. The second-order valence-electron chi connectivity index (χ2n) is 8.66. The number of benzene rings is 2. The highest BCUT2D eigenvalue weighted by molar-refractivity contribution is 6.30. The Kier molecular flexibility index (Phi) is 5.96. The molecule has 5 aromatic rings. The van der Waals surface area contributed by atoms with E-state index in [9.17, 15) is 13.6 Å². The number of nitrogens with zero attached hydrogens (tertiary/aromatic N) is 5. The van der Waals surface area contributed by atoms with E-state index in [4.69, 9.17) is 11.6 Å². The lowest BCUT2D eigenvalue weighted by Crippen LogP contribution is -2.27. The van der Waals surface area contributed by atoms with E-state index in [2.05, 4.69) is 20.4 Å². The van der Waals surface area contributed by atoms with Crippen molar-refractivity contribution in [2.75, 3.05) is 11.9 Å². The molecular formula is C26H23ClF2N6O. The van der Waals surface area contributed by atoms with Crippen molar-refractivity contribution in [3.63, 3.8) is 0 Å². The fourth-order valence-electron chi connectivity index (χ4n) is 4.05. The topological polar surface area (TPSA) is 77.6 Å². The van der Waals surface area contributed by atoms with E-state index in [1.54, 1.807) is 39.7 Å². The van der Waals surface area contributed by atoms with Gasteiger partial charge in [0.15, 0.2) is 0 Å². The number of hydrogen-bond donors (Lipinski definition) is 1. The van der Waals surface area contributed by atoms with E-state index < -0.39 is 12.5 Å². The zero-order valence-electron chi connectivity index (χ0n) is 19.9. The molecule has 5 rings (SSSR count). The Morgan fingerprint density at radius 2 is 1.89 bits per heavy atom. The van der Waals surface area contributed by atoms with Crippen molar-refractivity contribution in [2.45, 2.75) is 26.2 Å². The maximum absolute atomic E-state index is 13.9. The van der Waals surface area contributed by atoms with Crippen LogP contribution in [0.15, 0.2) is 59.7 Å². The molecule has 3 aromatic heterocycles. The second-order valence-corrected chi connectivity index (χ2v) is 9.09. The molecule has 3 heterocycles. The van der Waals surface area contributed by atoms with Crippen molar-refractivity contribution in [2.24, 2.45) is 7.05 Å². The molecule has 0 saturated heterocycles. The van der Waals surface area contributed by atoms with E-state index >= 15 is 0 Å². The summed E-state index contributed by atoms with van der Waals surface area (Å²) in [7, 11) is 1.87. The molecule has 2 aromatic carbocycles. The first-order valence-electron chi connectivity index (χ1n) is 11.4. The van der Waals surface area contributed by atoms with Crippen molar-refractivity contribution < 1.29 is 8.78 Å². The molecule has 0 bridgehead atoms. The first kappa shape index (κ1) is 23.9. The Bertz CT molecular complexity index is 1660. The number of anilines is 1. The molecule has 0 fully saturated rings. The molecule has 184 valence electrons. The maximum atomic E-state index is 13.9. The van der Waals surface area contributed by atoms with Crippen LogP contribution in [-0.4, -0.2) is 36.8 Å². The van der Waals surface area contributed by atoms with Gasteiger partial charge in [0.2, 0.25) is 5.95 Å². The number of hydrogen-bond acceptors (Lipinski definition) is 5. The highest BCUT2D eigenvalue weighted by atomic mass is 35.5. The third kappa shape index (κ3) is 4.30. The summed E-state index contributed by atoms with van der Waals surface area (Å²) < 4.78 is 30.9. The first-order chi connectivity index (χ1) is 17.2. The van der Waals surface area contributed by atoms with Crippen molar-refractivity contribution in [3.8, 4) is 16.8 Å². The number of alkyl halides is 2. The molecule has 0 saturated carbocycles. The maximum Gasteiger partial charge on any atom is 0.265 e. The number of aryl methyl sites for hydroxylation is 2. The van der Waals surface area contributed by atoms with Crippen LogP contribution in [0, 0.1) is 6.92 Å². The number of nitrogens with one attached hydrogen (secondary N) is 1. The van der Waals surface area contributed by atoms with E-state index in [1.165, 1.54) is 13.1 Å². The van der Waals surface area contributed by atoms with Gasteiger partial charge >= 0.3 is 0 Å². The third-order valence-electron chi connectivity index (χ3n) is 6.30. The monoisotopic (exact) mass is 508 g/mol. The van der Waals surface area contributed by atoms with Crippen molar-refractivity contribution in [3.05, 3.63) is 75.9 Å². The number of pyridine rings is 1. The summed E-state index contributed by atoms with van der Waals surface area (Å²) in [6.45, 7) is 2.77. The van der Waals surface area contributed by atoms with E-state index in [-0.39, 0.29) is 17.9 Å². The van der Waals surface area contributed by atoms with E-state index in [0.29, 0.717) is 32.7 Å². The van der Waals surface area contributed by atoms with Gasteiger partial charge < -0.3 is 5.32 Å². The lowest BCUT2D eigenvalue weighted by Gasteiger charge is -2.16. The fraction of sp³-hybridized carbons (Fsp3) is 0.231. The number of aromatic nitrogens is 5. The molecule has 0 aliphatic heterocycles. The zero-order chi connectivity index (χ0) is 25.6. The van der Waals surface area contributed by atoms with Gasteiger partial charge in [0.05, 0.1) is 23.1 Å². The van der Waals surface area contributed by atoms with Gasteiger partial charge in [0.25, 0.3) is 11.5 Å². The third-order valence-corrected chi connectivity index (χ3v) is 6.55. The molecular weight excluding hydrogens is 486 g/mol. The predicted octanol–water partition coefficient (Wildman–Crippen LogP) is 5.75. The lowest BCUT2D eigenvalue weighted by molar-refractivity contribution is 0.0114. The minimum Gasteiger partial charge on any atom is -0.348 e. The molecule has 0 spiro atoms. The highest BCUT2D eigenvalue weighted by Gasteiger charge is 2.26. The molecule has 0 aliphatic rings. The quantitative estimate of drug-likeness (QED) is 0.316. The van der Waals surface area contributed by atoms with Crippen LogP contribution in [0.2, 0.25) is 5.02 Å². The first-order valence-corrected chi connectivity index (χ1v) is 11.8. The smallest absolute Gasteiger partial charge is 0.265 e. The van der Waals surface area contributed by atoms with Crippen LogP contribution in [0.3, 0.4) is 0 Å². The Hall–Kier alpha value is -3.85. The summed E-state index contributed by atoms with van der Waals surface area (Å²) in [5.41, 5.74) is 3.43. The van der Waals surface area contributed by atoms with Crippen LogP contribution >= 0.6 is 11.6 Å². The standard InChI is InChI=1S/C26H23ClF2N6O/c1-4-26(28,29)14-31-25-30-12-17-13-35(19-9-10-21-20(11-19)15(2)34(3)33-21)24(36)22(23(17)32-25)16-5-7-18(27)8-6-16/h5-13H,4,14H2,1-3H3,(H,31,32). The van der Waals surface area contributed by atoms with Crippen LogP contribution < -0.4 is 10.9 Å². The number of fused-ring (bicyclic) bond motifs is 2. The molecule has 10 heteroatoms. The molecule has 0 radical (unpaired) electrons. The summed E-state index contributed by atoms with van der Waals surface area (Å²) in [6.07, 6.45) is 2.88. The van der Waals surface area contributed by atoms with Crippen LogP contribution in [0.4, 0.5) is 14.7 Å². The molecule has 0 aliphatic carbocycles. The molecule has 0 unspecified atom stereocenters. The van der Waals surface area contributed by atoms with Gasteiger partial charge in [0.1, 0.15) is 0 Å². The Balaban J connectivity index is 1.72. The summed E-state index contributed by atoms with van der Waals surface area (Å²) in [5, 5.41) is 9.11. The van der Waals surface area contributed by atoms with Gasteiger partial charge in [0, 0.05) is 53.0 Å². The summed E-state index contributed by atoms with van der Waals surface area (Å²) in [5.74, 6) is -2.88. The predicted molar refractivity (Wildman–Crippen MR) is 138 cm³/mol. The van der Waals surface area contributed by atoms with Gasteiger partial charge in [-0.05, 0) is 42.8 Å². The normalized spacial score (nSPS) is 11.9. The van der Waals surface area contributed by atoms with Crippen molar-refractivity contribution in [1.29, 1.82) is 0 Å². The minimum atomic E-state index is -2.90. The van der Waals surface area contributed by atoms with Gasteiger partial charge in [-0.25, -0.2) is 18.7 Å². The Morgan fingerprint density at radius 1 is 1.14 bits per heavy atom. The number of halogens is 3. The SMILES string of the molecule is CCC(F)(F)CNc1ncc2cn(-c3ccc4nn(C)c(C)c4c3)c(=O)c(-c3ccc(Cl)cc3)c2n1. The van der Waals surface area contributed by atoms with Crippen LogP contribution in [-0.2, 0) is 7.05 Å². The van der Waals surface area contributed by atoms with Gasteiger partial charge in [-0.1, -0.05) is 30.7 Å². The fourth-order valence-corrected chi connectivity index (χ4v) is 4.18. The van der Waals surface area contributed by atoms with Gasteiger partial charge in [-0.3, -0.25) is 14.0 Å². The zero-order valence-corrected chi connectivity index (χ0v) is 20.6. The van der Waals surface area contributed by atoms with Crippen LogP contribution in [0.25, 0.3) is 38.6 Å². The summed E-state index contributed by atoms with van der Waals surface area (Å²) >= 11 is 6.08. The highest BCUT2D eigenvalue weighted by Crippen LogP contribution is 2.28. The summed E-state index contributed by atoms with van der Waals surface area (Å²) in [4.78, 5) is 22.6. The second kappa shape index (κ2) is 8.98. The molecule has 1 N–H and O–H groups in total. The lowest BCUT2D eigenvalue weighted by atomic mass is 10.0. The van der Waals surface area contributed by atoms with Gasteiger partial charge in [-0.15, -0.1) is 0 Å². The largest absolute Gasteiger partial charge is 0.348 e. The number of rotatable bonds is 6. The summed E-state index contributed by atoms with van der Waals surface area (Å²) in [6, 6.07) is 12.5. The van der Waals surface area contributed by atoms with Gasteiger partial charge in [-0.2, -0.15) is 5.10 Å². The Labute approximate surface area is 210 Å². The minimum absolute atomic E-state index is 0.0235. The molecule has 0 atom stereocenters. The van der Waals surface area contributed by atoms with E-state index in [1.807, 2.05) is 32.2 Å². The van der Waals surface area contributed by atoms with E-state index in [0.717, 1.165) is 16.6 Å². The van der Waals surface area contributed by atoms with Crippen LogP contribution in [0.5, 0.6) is 0 Å². The van der Waals surface area contributed by atoms with Crippen LogP contribution in [0.1, 0.15) is 19.0 Å². The average Bonchev–Trinajstić information content (AvgIpc) is 3.16. The Morgan fingerprint density at radius 3 is 2.61 bits per heavy atom. The van der Waals surface area contributed by atoms with Crippen molar-refractivity contribution in [1.82, 2.24) is 24.3 Å².